The fourth-order valence-corrected chi connectivity index (χ4v) is 12.2. The molecule has 0 bridgehead atoms. The van der Waals surface area contributed by atoms with E-state index >= 15 is 0 Å². The van der Waals surface area contributed by atoms with Gasteiger partial charge in [-0.3, -0.25) is 0 Å². The summed E-state index contributed by atoms with van der Waals surface area (Å²) in [5.74, 6) is 4.05. The molecule has 4 aliphatic rings. The lowest BCUT2D eigenvalue weighted by molar-refractivity contribution is -0.383. The van der Waals surface area contributed by atoms with Gasteiger partial charge in [0.2, 0.25) is 0 Å². The molecular weight excluding hydrogens is 785 g/mol. The third kappa shape index (κ3) is 8.96. The smallest absolute Gasteiger partial charge is 0.426 e. The average Bonchev–Trinajstić information content (AvgIpc) is 3.69. The lowest BCUT2D eigenvalue weighted by Crippen LogP contribution is -2.59. The molecule has 4 nitrogen and oxygen atoms in total. The fourth-order valence-electron chi connectivity index (χ4n) is 11.0. The van der Waals surface area contributed by atoms with Gasteiger partial charge in [-0.2, -0.15) is 38.1 Å². The normalized spacial score (nSPS) is 24.4. The number of alkyl halides is 6. The molecule has 11 heteroatoms. The summed E-state index contributed by atoms with van der Waals surface area (Å²) in [5.41, 5.74) is 4.37. The fraction of sp³-hybridized carbons (Fsp3) is 0.625. The van der Waals surface area contributed by atoms with Crippen molar-refractivity contribution in [3.63, 3.8) is 0 Å². The van der Waals surface area contributed by atoms with Crippen molar-refractivity contribution in [1.29, 1.82) is 0 Å². The molecule has 0 N–H and O–H groups in total. The number of rotatable bonds is 17. The Bertz CT molecular complexity index is 1840. The molecule has 0 heterocycles. The first-order valence-electron chi connectivity index (χ1n) is 21.6. The van der Waals surface area contributed by atoms with E-state index in [-0.39, 0.29) is 29.2 Å². The summed E-state index contributed by atoms with van der Waals surface area (Å²) in [5, 5.41) is 0. The van der Waals surface area contributed by atoms with Gasteiger partial charge in [0, 0.05) is 29.5 Å². The summed E-state index contributed by atoms with van der Waals surface area (Å²) in [6, 6.07) is 24.4. The highest BCUT2D eigenvalue weighted by Gasteiger charge is 2.71. The topological polar surface area (TPSA) is 30.9 Å². The van der Waals surface area contributed by atoms with E-state index in [0.29, 0.717) is 43.4 Å². The summed E-state index contributed by atoms with van der Waals surface area (Å²) >= 11 is 2.03. The number of benzene rings is 3. The van der Waals surface area contributed by atoms with E-state index in [1.807, 2.05) is 11.8 Å². The molecule has 4 aliphatic carbocycles. The van der Waals surface area contributed by atoms with Crippen LogP contribution in [0.4, 0.5) is 26.3 Å². The van der Waals surface area contributed by atoms with Gasteiger partial charge >= 0.3 is 12.4 Å². The molecule has 0 radical (unpaired) electrons. The minimum absolute atomic E-state index is 0.0396. The van der Waals surface area contributed by atoms with Crippen LogP contribution in [0, 0.1) is 17.3 Å². The number of ether oxygens (including phenoxy) is 3. The van der Waals surface area contributed by atoms with Crippen molar-refractivity contribution in [3.8, 4) is 16.9 Å². The highest BCUT2D eigenvalue weighted by Crippen LogP contribution is 2.62. The van der Waals surface area contributed by atoms with Crippen LogP contribution in [0.2, 0.25) is 0 Å². The lowest BCUT2D eigenvalue weighted by atomic mass is 9.55. The van der Waals surface area contributed by atoms with Gasteiger partial charge in [-0.1, -0.05) is 88.7 Å². The Hall–Kier alpha value is -2.73. The van der Waals surface area contributed by atoms with Crippen molar-refractivity contribution in [2.24, 2.45) is 17.3 Å². The SMILES string of the molecule is CCCC(OCCN(C)CCO[C@H]1CC[C@H]2C3CCc4cc(OCCC(C)(C)SCC5c6ccccc6-c6ccccc65)ccc4C3CC[C@]12C)(C(F)(F)F)C(F)(F)F. The molecule has 2 saturated carbocycles. The van der Waals surface area contributed by atoms with Gasteiger partial charge in [0.25, 0.3) is 5.60 Å². The summed E-state index contributed by atoms with van der Waals surface area (Å²) in [7, 11) is 1.67. The Morgan fingerprint density at radius 2 is 1.44 bits per heavy atom. The summed E-state index contributed by atoms with van der Waals surface area (Å²) in [6.45, 7) is 8.99. The number of hydrogen-bond acceptors (Lipinski definition) is 5. The second kappa shape index (κ2) is 17.6. The predicted molar refractivity (Wildman–Crippen MR) is 224 cm³/mol. The van der Waals surface area contributed by atoms with Gasteiger partial charge < -0.3 is 19.1 Å². The van der Waals surface area contributed by atoms with E-state index in [0.717, 1.165) is 56.4 Å². The van der Waals surface area contributed by atoms with E-state index < -0.39 is 31.0 Å². The largest absolute Gasteiger partial charge is 0.494 e. The predicted octanol–water partition coefficient (Wildman–Crippen LogP) is 12.6. The van der Waals surface area contributed by atoms with Crippen LogP contribution < -0.4 is 4.74 Å². The maximum Gasteiger partial charge on any atom is 0.426 e. The summed E-state index contributed by atoms with van der Waals surface area (Å²) in [6.07, 6.45) is -5.14. The van der Waals surface area contributed by atoms with Crippen LogP contribution in [0.3, 0.4) is 0 Å². The third-order valence-electron chi connectivity index (χ3n) is 14.3. The number of halogens is 6. The van der Waals surface area contributed by atoms with Crippen LogP contribution in [0.15, 0.2) is 66.7 Å². The number of thioether (sulfide) groups is 1. The Balaban J connectivity index is 0.868. The van der Waals surface area contributed by atoms with Crippen LogP contribution in [0.5, 0.6) is 5.75 Å². The number of nitrogens with zero attached hydrogens (tertiary/aromatic N) is 1. The van der Waals surface area contributed by atoms with Crippen LogP contribution in [0.1, 0.15) is 113 Å². The highest BCUT2D eigenvalue weighted by atomic mass is 32.2. The molecule has 0 aromatic heterocycles. The Labute approximate surface area is 351 Å². The van der Waals surface area contributed by atoms with Gasteiger partial charge in [0.05, 0.1) is 25.9 Å². The zero-order valence-electron chi connectivity index (χ0n) is 35.2. The van der Waals surface area contributed by atoms with Crippen molar-refractivity contribution in [2.75, 3.05) is 45.7 Å². The van der Waals surface area contributed by atoms with E-state index in [2.05, 4.69) is 92.2 Å². The van der Waals surface area contributed by atoms with Crippen molar-refractivity contribution in [2.45, 2.75) is 126 Å². The monoisotopic (exact) mass is 845 g/mol. The van der Waals surface area contributed by atoms with E-state index in [9.17, 15) is 26.3 Å². The molecule has 59 heavy (non-hydrogen) atoms. The summed E-state index contributed by atoms with van der Waals surface area (Å²) < 4.78 is 99.4. The molecule has 2 unspecified atom stereocenters. The molecule has 3 aromatic carbocycles. The minimum atomic E-state index is -5.55. The van der Waals surface area contributed by atoms with E-state index in [1.54, 1.807) is 11.9 Å². The number of likely N-dealkylation sites (N-methyl/N-ethyl adjacent to an activating group) is 1. The summed E-state index contributed by atoms with van der Waals surface area (Å²) in [4.78, 5) is 1.68. The van der Waals surface area contributed by atoms with Crippen LogP contribution >= 0.6 is 11.8 Å². The highest BCUT2D eigenvalue weighted by molar-refractivity contribution is 8.00. The standard InChI is InChI=1S/C48H61F6NO3S/c1-6-22-46(47(49,50)51,48(52,53)54)58-29-26-55(5)25-28-57-43-20-19-42-40-17-15-32-30-33(16-18-34(32)39(40)21-23-45(42,43)4)56-27-24-44(2,3)59-31-41-37-13-9-7-11-35(37)36-12-8-10-14-38(36)41/h7-14,16,18,30,39-43H,6,15,17,19-29,31H2,1-5H3/t39?,40?,42-,43-,45-/m0/s1. The van der Waals surface area contributed by atoms with Gasteiger partial charge in [0.15, 0.2) is 0 Å². The minimum Gasteiger partial charge on any atom is -0.494 e. The van der Waals surface area contributed by atoms with Gasteiger partial charge in [-0.25, -0.2) is 0 Å². The Morgan fingerprint density at radius 1 is 0.780 bits per heavy atom. The molecule has 0 amide bonds. The lowest BCUT2D eigenvalue weighted by Gasteiger charge is -2.50. The zero-order chi connectivity index (χ0) is 42.2. The van der Waals surface area contributed by atoms with Crippen molar-refractivity contribution < 1.29 is 40.6 Å². The van der Waals surface area contributed by atoms with Gasteiger partial charge in [-0.15, -0.1) is 0 Å². The quantitative estimate of drug-likeness (QED) is 0.126. The first-order valence-corrected chi connectivity index (χ1v) is 22.6. The third-order valence-corrected chi connectivity index (χ3v) is 15.8. The molecule has 0 aliphatic heterocycles. The molecule has 2 fully saturated rings. The molecule has 3 aromatic rings. The van der Waals surface area contributed by atoms with Gasteiger partial charge in [0.1, 0.15) is 5.75 Å². The van der Waals surface area contributed by atoms with E-state index in [4.69, 9.17) is 9.47 Å². The molecule has 7 rings (SSSR count). The second-order valence-corrected chi connectivity index (χ2v) is 20.1. The molecule has 0 spiro atoms. The van der Waals surface area contributed by atoms with Crippen LogP contribution in [-0.4, -0.2) is 79.4 Å². The number of fused-ring (bicyclic) bond motifs is 8. The second-order valence-electron chi connectivity index (χ2n) is 18.4. The molecule has 5 atom stereocenters. The molecule has 324 valence electrons. The first kappa shape index (κ1) is 44.3. The first-order chi connectivity index (χ1) is 28.0. The maximum absolute atomic E-state index is 13.6. The zero-order valence-corrected chi connectivity index (χ0v) is 36.0. The van der Waals surface area contributed by atoms with Crippen molar-refractivity contribution in [3.05, 3.63) is 89.0 Å². The Kier molecular flexibility index (Phi) is 13.2. The number of aryl methyl sites for hydroxylation is 1. The molecular formula is C48H61F6NO3S. The van der Waals surface area contributed by atoms with Crippen LogP contribution in [0.25, 0.3) is 11.1 Å². The van der Waals surface area contributed by atoms with E-state index in [1.165, 1.54) is 40.3 Å². The molecule has 0 saturated heterocycles. The van der Waals surface area contributed by atoms with Gasteiger partial charge in [-0.05, 0) is 127 Å². The van der Waals surface area contributed by atoms with Crippen molar-refractivity contribution in [1.82, 2.24) is 4.90 Å². The van der Waals surface area contributed by atoms with Crippen molar-refractivity contribution >= 4 is 11.8 Å². The maximum atomic E-state index is 13.6. The number of hydrogen-bond donors (Lipinski definition) is 0. The van der Waals surface area contributed by atoms with Crippen LogP contribution in [-0.2, 0) is 15.9 Å². The average molecular weight is 846 g/mol. The Morgan fingerprint density at radius 3 is 2.10 bits per heavy atom.